The first-order valence-electron chi connectivity index (χ1n) is 8.56. The van der Waals surface area contributed by atoms with E-state index in [-0.39, 0.29) is 17.8 Å². The molecule has 0 spiro atoms. The lowest BCUT2D eigenvalue weighted by atomic mass is 9.64. The SMILES string of the molecule is CCC(C)(C)[C@@H]1CCC2=NN(C(=O)C(C)C)[C@](O)(C(F)(F)F)[C@H]2C1. The number of hydrazone groups is 1. The molecule has 0 bridgehead atoms. The Labute approximate surface area is 141 Å². The summed E-state index contributed by atoms with van der Waals surface area (Å²) in [6.45, 7) is 9.11. The van der Waals surface area contributed by atoms with Crippen LogP contribution in [0, 0.1) is 23.2 Å². The first-order chi connectivity index (χ1) is 10.9. The third kappa shape index (κ3) is 2.85. The van der Waals surface area contributed by atoms with E-state index >= 15 is 0 Å². The van der Waals surface area contributed by atoms with Crippen molar-refractivity contribution in [1.29, 1.82) is 0 Å². The van der Waals surface area contributed by atoms with Gasteiger partial charge >= 0.3 is 6.18 Å². The zero-order chi connectivity index (χ0) is 18.5. The fourth-order valence-electron chi connectivity index (χ4n) is 3.68. The molecule has 1 aliphatic carbocycles. The van der Waals surface area contributed by atoms with Crippen molar-refractivity contribution in [3.05, 3.63) is 0 Å². The van der Waals surface area contributed by atoms with Gasteiger partial charge in [-0.1, -0.05) is 41.0 Å². The Morgan fingerprint density at radius 2 is 2.00 bits per heavy atom. The summed E-state index contributed by atoms with van der Waals surface area (Å²) in [6.07, 6.45) is -2.80. The van der Waals surface area contributed by atoms with Gasteiger partial charge < -0.3 is 5.11 Å². The Kier molecular flexibility index (Phi) is 4.81. The highest BCUT2D eigenvalue weighted by molar-refractivity contribution is 5.93. The number of carbonyl (C=O) groups is 1. The van der Waals surface area contributed by atoms with Crippen molar-refractivity contribution in [3.63, 3.8) is 0 Å². The lowest BCUT2D eigenvalue weighted by Crippen LogP contribution is -2.62. The number of nitrogens with zero attached hydrogens (tertiary/aromatic N) is 2. The molecule has 0 aromatic rings. The molecule has 138 valence electrons. The van der Waals surface area contributed by atoms with Gasteiger partial charge in [-0.3, -0.25) is 4.79 Å². The van der Waals surface area contributed by atoms with Crippen LogP contribution in [-0.2, 0) is 4.79 Å². The highest BCUT2D eigenvalue weighted by Gasteiger charge is 2.69. The van der Waals surface area contributed by atoms with Crippen LogP contribution >= 0.6 is 0 Å². The summed E-state index contributed by atoms with van der Waals surface area (Å²) >= 11 is 0. The normalized spacial score (nSPS) is 31.2. The zero-order valence-corrected chi connectivity index (χ0v) is 14.9. The Bertz CT molecular complexity index is 542. The second-order valence-electron chi connectivity index (χ2n) is 7.99. The van der Waals surface area contributed by atoms with E-state index in [9.17, 15) is 23.1 Å². The molecule has 24 heavy (non-hydrogen) atoms. The second-order valence-corrected chi connectivity index (χ2v) is 7.99. The maximum Gasteiger partial charge on any atom is 0.439 e. The first-order valence-corrected chi connectivity index (χ1v) is 8.56. The van der Waals surface area contributed by atoms with Crippen molar-refractivity contribution in [2.45, 2.75) is 72.2 Å². The lowest BCUT2D eigenvalue weighted by Gasteiger charge is -2.43. The van der Waals surface area contributed by atoms with Crippen molar-refractivity contribution >= 4 is 11.6 Å². The van der Waals surface area contributed by atoms with Gasteiger partial charge in [0, 0.05) is 11.6 Å². The molecule has 0 saturated heterocycles. The predicted molar refractivity (Wildman–Crippen MR) is 85.0 cm³/mol. The molecular formula is C17H27F3N2O2. The molecule has 1 N–H and O–H groups in total. The van der Waals surface area contributed by atoms with E-state index in [1.54, 1.807) is 0 Å². The van der Waals surface area contributed by atoms with E-state index in [1.807, 2.05) is 20.8 Å². The third-order valence-electron chi connectivity index (χ3n) is 5.84. The van der Waals surface area contributed by atoms with Crippen LogP contribution in [-0.4, -0.2) is 33.6 Å². The molecule has 1 heterocycles. The number of hydrogen-bond acceptors (Lipinski definition) is 3. The fraction of sp³-hybridized carbons (Fsp3) is 0.882. The van der Waals surface area contributed by atoms with Crippen molar-refractivity contribution in [2.24, 2.45) is 28.3 Å². The van der Waals surface area contributed by atoms with Gasteiger partial charge in [-0.05, 0) is 30.6 Å². The minimum absolute atomic E-state index is 0.0504. The topological polar surface area (TPSA) is 52.9 Å². The minimum atomic E-state index is -4.95. The van der Waals surface area contributed by atoms with E-state index in [1.165, 1.54) is 13.8 Å². The van der Waals surface area contributed by atoms with Crippen LogP contribution < -0.4 is 0 Å². The van der Waals surface area contributed by atoms with Gasteiger partial charge in [-0.25, -0.2) is 0 Å². The molecule has 0 radical (unpaired) electrons. The summed E-state index contributed by atoms with van der Waals surface area (Å²) in [5.74, 6) is -2.60. The summed E-state index contributed by atoms with van der Waals surface area (Å²) in [7, 11) is 0. The van der Waals surface area contributed by atoms with Crippen LogP contribution in [0.2, 0.25) is 0 Å². The molecule has 1 fully saturated rings. The van der Waals surface area contributed by atoms with E-state index in [0.717, 1.165) is 12.8 Å². The minimum Gasteiger partial charge on any atom is -0.362 e. The highest BCUT2D eigenvalue weighted by Crippen LogP contribution is 2.52. The smallest absolute Gasteiger partial charge is 0.362 e. The Morgan fingerprint density at radius 3 is 2.46 bits per heavy atom. The molecular weight excluding hydrogens is 321 g/mol. The molecule has 2 rings (SSSR count). The van der Waals surface area contributed by atoms with Crippen molar-refractivity contribution in [3.8, 4) is 0 Å². The number of fused-ring (bicyclic) bond motifs is 1. The molecule has 1 aliphatic heterocycles. The molecule has 0 unspecified atom stereocenters. The Morgan fingerprint density at radius 1 is 1.42 bits per heavy atom. The van der Waals surface area contributed by atoms with Crippen molar-refractivity contribution in [2.75, 3.05) is 0 Å². The number of alkyl halides is 3. The predicted octanol–water partition coefficient (Wildman–Crippen LogP) is 3.94. The Hall–Kier alpha value is -1.11. The van der Waals surface area contributed by atoms with E-state index in [2.05, 4.69) is 5.10 Å². The maximum atomic E-state index is 13.8. The molecule has 4 nitrogen and oxygen atoms in total. The van der Waals surface area contributed by atoms with Gasteiger partial charge in [0.2, 0.25) is 5.91 Å². The molecule has 7 heteroatoms. The first kappa shape index (κ1) is 19.2. The molecule has 0 aromatic carbocycles. The monoisotopic (exact) mass is 348 g/mol. The van der Waals surface area contributed by atoms with E-state index in [0.29, 0.717) is 17.1 Å². The molecule has 1 saturated carbocycles. The van der Waals surface area contributed by atoms with Crippen molar-refractivity contribution < 1.29 is 23.1 Å². The fourth-order valence-corrected chi connectivity index (χ4v) is 3.68. The number of rotatable bonds is 3. The summed E-state index contributed by atoms with van der Waals surface area (Å²) in [4.78, 5) is 12.2. The van der Waals surface area contributed by atoms with Crippen LogP contribution in [0.1, 0.15) is 60.3 Å². The molecule has 2 aliphatic rings. The largest absolute Gasteiger partial charge is 0.439 e. The molecule has 1 amide bonds. The van der Waals surface area contributed by atoms with Gasteiger partial charge in [0.15, 0.2) is 0 Å². The van der Waals surface area contributed by atoms with Crippen LogP contribution in [0.5, 0.6) is 0 Å². The van der Waals surface area contributed by atoms with Gasteiger partial charge in [-0.15, -0.1) is 0 Å². The summed E-state index contributed by atoms with van der Waals surface area (Å²) in [6, 6.07) is 0. The quantitative estimate of drug-likeness (QED) is 0.840. The number of aliphatic hydroxyl groups is 1. The van der Waals surface area contributed by atoms with E-state index < -0.39 is 29.6 Å². The summed E-state index contributed by atoms with van der Waals surface area (Å²) < 4.78 is 41.3. The van der Waals surface area contributed by atoms with Gasteiger partial charge in [0.25, 0.3) is 5.72 Å². The number of amides is 1. The van der Waals surface area contributed by atoms with Crippen LogP contribution in [0.4, 0.5) is 13.2 Å². The average molecular weight is 348 g/mol. The molecule has 0 aromatic heterocycles. The summed E-state index contributed by atoms with van der Waals surface area (Å²) in [5, 5.41) is 14.9. The lowest BCUT2D eigenvalue weighted by molar-refractivity contribution is -0.319. The van der Waals surface area contributed by atoms with Crippen LogP contribution in [0.3, 0.4) is 0 Å². The average Bonchev–Trinajstić information content (AvgIpc) is 2.80. The third-order valence-corrected chi connectivity index (χ3v) is 5.84. The van der Waals surface area contributed by atoms with Crippen molar-refractivity contribution in [1.82, 2.24) is 5.01 Å². The summed E-state index contributed by atoms with van der Waals surface area (Å²) in [5.41, 5.74) is -3.05. The van der Waals surface area contributed by atoms with Crippen LogP contribution in [0.15, 0.2) is 5.10 Å². The number of halogens is 3. The number of carbonyl (C=O) groups excluding carboxylic acids is 1. The standard InChI is InChI=1S/C17H27F3N2O2/c1-6-15(4,5)11-7-8-13-12(9-11)16(24,17(18,19)20)22(21-13)14(23)10(2)3/h10-12,24H,6-9H2,1-5H3/t11-,12+,16-/m1/s1. The maximum absolute atomic E-state index is 13.8. The highest BCUT2D eigenvalue weighted by atomic mass is 19.4. The number of hydrogen-bond donors (Lipinski definition) is 1. The molecule has 3 atom stereocenters. The van der Waals surface area contributed by atoms with Crippen LogP contribution in [0.25, 0.3) is 0 Å². The Balaban J connectivity index is 2.42. The van der Waals surface area contributed by atoms with E-state index in [4.69, 9.17) is 0 Å². The van der Waals surface area contributed by atoms with Gasteiger partial charge in [-0.2, -0.15) is 23.3 Å². The second kappa shape index (κ2) is 6.00. The van der Waals surface area contributed by atoms with Gasteiger partial charge in [0.05, 0.1) is 5.92 Å². The zero-order valence-electron chi connectivity index (χ0n) is 14.9. The van der Waals surface area contributed by atoms with Gasteiger partial charge in [0.1, 0.15) is 0 Å².